The fourth-order valence-corrected chi connectivity index (χ4v) is 2.84. The van der Waals surface area contributed by atoms with Crippen LogP contribution in [0.4, 0.5) is 0 Å². The van der Waals surface area contributed by atoms with Crippen LogP contribution in [0.15, 0.2) is 0 Å². The van der Waals surface area contributed by atoms with Gasteiger partial charge in [-0.15, -0.1) is 0 Å². The highest BCUT2D eigenvalue weighted by atomic mass is 16.5. The number of aliphatic carboxylic acids is 1. The normalized spacial score (nSPS) is 12.1. The number of carbonyl (C=O) groups excluding carboxylic acids is 1. The van der Waals surface area contributed by atoms with Crippen LogP contribution in [0.3, 0.4) is 0 Å². The first kappa shape index (κ1) is 22.9. The van der Waals surface area contributed by atoms with Crippen molar-refractivity contribution >= 4 is 11.9 Å². The topological polar surface area (TPSA) is 63.6 Å². The Labute approximate surface area is 148 Å². The molecule has 0 radical (unpaired) electrons. The second-order valence-electron chi connectivity index (χ2n) is 6.74. The van der Waals surface area contributed by atoms with E-state index in [0.717, 1.165) is 19.3 Å². The summed E-state index contributed by atoms with van der Waals surface area (Å²) in [5.74, 6) is -1.34. The molecule has 0 saturated heterocycles. The van der Waals surface area contributed by atoms with Gasteiger partial charge in [-0.05, 0) is 19.3 Å². The van der Waals surface area contributed by atoms with E-state index in [1.54, 1.807) is 0 Å². The standard InChI is InChI=1S/C20H38O4/c1-3-5-6-7-8-9-10-11-12-13-14-15-18(4-2)24-20(23)17-16-19(21)22/h18H,3-17H2,1-2H3,(H,21,22). The average Bonchev–Trinajstić information content (AvgIpc) is 2.56. The van der Waals surface area contributed by atoms with Crippen molar-refractivity contribution in [1.29, 1.82) is 0 Å². The van der Waals surface area contributed by atoms with E-state index in [2.05, 4.69) is 6.92 Å². The summed E-state index contributed by atoms with van der Waals surface area (Å²) >= 11 is 0. The highest BCUT2D eigenvalue weighted by Crippen LogP contribution is 2.15. The minimum absolute atomic E-state index is 0.0237. The number of hydrogen-bond acceptors (Lipinski definition) is 3. The molecular formula is C20H38O4. The van der Waals surface area contributed by atoms with E-state index in [9.17, 15) is 9.59 Å². The SMILES string of the molecule is CCCCCCCCCCCCCC(CC)OC(=O)CCC(=O)O. The summed E-state index contributed by atoms with van der Waals surface area (Å²) in [5, 5.41) is 8.56. The maximum Gasteiger partial charge on any atom is 0.306 e. The van der Waals surface area contributed by atoms with E-state index in [1.165, 1.54) is 64.2 Å². The first-order chi connectivity index (χ1) is 11.6. The van der Waals surface area contributed by atoms with E-state index >= 15 is 0 Å². The van der Waals surface area contributed by atoms with Crippen LogP contribution in [-0.2, 0) is 14.3 Å². The lowest BCUT2D eigenvalue weighted by molar-refractivity contribution is -0.152. The smallest absolute Gasteiger partial charge is 0.306 e. The predicted octanol–water partition coefficient (Wildman–Crippen LogP) is 5.87. The van der Waals surface area contributed by atoms with Crippen molar-refractivity contribution < 1.29 is 19.4 Å². The molecule has 0 aliphatic rings. The molecule has 0 amide bonds. The van der Waals surface area contributed by atoms with Crippen molar-refractivity contribution in [3.63, 3.8) is 0 Å². The van der Waals surface area contributed by atoms with Crippen LogP contribution in [0.1, 0.15) is 110 Å². The Morgan fingerprint density at radius 1 is 0.792 bits per heavy atom. The number of esters is 1. The largest absolute Gasteiger partial charge is 0.481 e. The maximum absolute atomic E-state index is 11.5. The summed E-state index contributed by atoms with van der Waals surface area (Å²) in [6.45, 7) is 4.26. The first-order valence-electron chi connectivity index (χ1n) is 10.0. The molecular weight excluding hydrogens is 304 g/mol. The Hall–Kier alpha value is -1.06. The monoisotopic (exact) mass is 342 g/mol. The van der Waals surface area contributed by atoms with Gasteiger partial charge in [-0.25, -0.2) is 0 Å². The third kappa shape index (κ3) is 15.8. The number of unbranched alkanes of at least 4 members (excludes halogenated alkanes) is 10. The predicted molar refractivity (Wildman–Crippen MR) is 98.1 cm³/mol. The summed E-state index contributed by atoms with van der Waals surface area (Å²) in [6, 6.07) is 0. The number of rotatable bonds is 17. The van der Waals surface area contributed by atoms with E-state index in [4.69, 9.17) is 9.84 Å². The Morgan fingerprint density at radius 3 is 1.75 bits per heavy atom. The highest BCUT2D eigenvalue weighted by Gasteiger charge is 2.13. The molecule has 0 bridgehead atoms. The average molecular weight is 343 g/mol. The highest BCUT2D eigenvalue weighted by molar-refractivity contribution is 5.76. The Balaban J connectivity index is 3.46. The fraction of sp³-hybridized carbons (Fsp3) is 0.900. The second-order valence-corrected chi connectivity index (χ2v) is 6.74. The van der Waals surface area contributed by atoms with Gasteiger partial charge in [0.2, 0.25) is 0 Å². The molecule has 0 spiro atoms. The van der Waals surface area contributed by atoms with Gasteiger partial charge in [-0.3, -0.25) is 9.59 Å². The molecule has 0 saturated carbocycles. The second kappa shape index (κ2) is 16.8. The van der Waals surface area contributed by atoms with Gasteiger partial charge < -0.3 is 9.84 Å². The lowest BCUT2D eigenvalue weighted by Gasteiger charge is -2.15. The summed E-state index contributed by atoms with van der Waals surface area (Å²) < 4.78 is 5.34. The molecule has 0 aliphatic heterocycles. The molecule has 0 aromatic rings. The minimum atomic E-state index is -0.953. The van der Waals surface area contributed by atoms with E-state index in [0.29, 0.717) is 0 Å². The van der Waals surface area contributed by atoms with Gasteiger partial charge in [0.25, 0.3) is 0 Å². The van der Waals surface area contributed by atoms with Crippen molar-refractivity contribution in [2.45, 2.75) is 116 Å². The van der Waals surface area contributed by atoms with Crippen molar-refractivity contribution in [3.05, 3.63) is 0 Å². The van der Waals surface area contributed by atoms with Crippen LogP contribution >= 0.6 is 0 Å². The summed E-state index contributed by atoms with van der Waals surface area (Å²) in [7, 11) is 0. The first-order valence-corrected chi connectivity index (χ1v) is 10.0. The van der Waals surface area contributed by atoms with Crippen molar-refractivity contribution in [2.75, 3.05) is 0 Å². The summed E-state index contributed by atoms with van der Waals surface area (Å²) in [4.78, 5) is 22.0. The van der Waals surface area contributed by atoms with Crippen LogP contribution in [0.2, 0.25) is 0 Å². The van der Waals surface area contributed by atoms with Gasteiger partial charge in [0.1, 0.15) is 6.10 Å². The quantitative estimate of drug-likeness (QED) is 0.265. The van der Waals surface area contributed by atoms with Gasteiger partial charge >= 0.3 is 11.9 Å². The number of carbonyl (C=O) groups is 2. The number of carboxylic acid groups (broad SMARTS) is 1. The molecule has 1 unspecified atom stereocenters. The van der Waals surface area contributed by atoms with Gasteiger partial charge in [0.15, 0.2) is 0 Å². The van der Waals surface area contributed by atoms with Crippen molar-refractivity contribution in [3.8, 4) is 0 Å². The van der Waals surface area contributed by atoms with Crippen LogP contribution in [0.5, 0.6) is 0 Å². The molecule has 1 N–H and O–H groups in total. The third-order valence-electron chi connectivity index (χ3n) is 4.43. The summed E-state index contributed by atoms with van der Waals surface area (Å²) in [5.41, 5.74) is 0. The Kier molecular flexibility index (Phi) is 16.0. The molecule has 4 heteroatoms. The van der Waals surface area contributed by atoms with Crippen LogP contribution in [0, 0.1) is 0 Å². The van der Waals surface area contributed by atoms with Gasteiger partial charge in [-0.1, -0.05) is 78.1 Å². The fourth-order valence-electron chi connectivity index (χ4n) is 2.84. The number of ether oxygens (including phenoxy) is 1. The zero-order valence-electron chi connectivity index (χ0n) is 15.9. The molecule has 4 nitrogen and oxygen atoms in total. The van der Waals surface area contributed by atoms with Gasteiger partial charge in [0.05, 0.1) is 12.8 Å². The van der Waals surface area contributed by atoms with E-state index in [1.807, 2.05) is 6.92 Å². The van der Waals surface area contributed by atoms with Crippen molar-refractivity contribution in [2.24, 2.45) is 0 Å². The van der Waals surface area contributed by atoms with Gasteiger partial charge in [0, 0.05) is 0 Å². The molecule has 142 valence electrons. The molecule has 1 atom stereocenters. The van der Waals surface area contributed by atoms with Crippen LogP contribution in [-0.4, -0.2) is 23.1 Å². The minimum Gasteiger partial charge on any atom is -0.481 e. The number of carboxylic acids is 1. The van der Waals surface area contributed by atoms with Gasteiger partial charge in [-0.2, -0.15) is 0 Å². The Bertz CT molecular complexity index is 315. The molecule has 0 heterocycles. The van der Waals surface area contributed by atoms with Crippen LogP contribution < -0.4 is 0 Å². The third-order valence-corrected chi connectivity index (χ3v) is 4.43. The molecule has 24 heavy (non-hydrogen) atoms. The van der Waals surface area contributed by atoms with E-state index < -0.39 is 5.97 Å². The molecule has 0 aromatic carbocycles. The van der Waals surface area contributed by atoms with Crippen molar-refractivity contribution in [1.82, 2.24) is 0 Å². The number of hydrogen-bond donors (Lipinski definition) is 1. The summed E-state index contributed by atoms with van der Waals surface area (Å²) in [6.07, 6.45) is 15.9. The zero-order chi connectivity index (χ0) is 18.0. The zero-order valence-corrected chi connectivity index (χ0v) is 15.9. The van der Waals surface area contributed by atoms with E-state index in [-0.39, 0.29) is 24.9 Å². The maximum atomic E-state index is 11.5. The molecule has 0 rings (SSSR count). The lowest BCUT2D eigenvalue weighted by atomic mass is 10.0. The molecule has 0 aliphatic carbocycles. The lowest BCUT2D eigenvalue weighted by Crippen LogP contribution is -2.18. The Morgan fingerprint density at radius 2 is 1.29 bits per heavy atom. The molecule has 0 aromatic heterocycles. The van der Waals surface area contributed by atoms with Crippen LogP contribution in [0.25, 0.3) is 0 Å². The molecule has 0 fully saturated rings.